The monoisotopic (exact) mass is 718 g/mol. The van der Waals surface area contributed by atoms with Crippen molar-refractivity contribution in [2.75, 3.05) is 0 Å². The molecule has 0 radical (unpaired) electrons. The van der Waals surface area contributed by atoms with Crippen LogP contribution in [0.25, 0.3) is 101 Å². The van der Waals surface area contributed by atoms with E-state index >= 15 is 0 Å². The summed E-state index contributed by atoms with van der Waals surface area (Å²) >= 11 is 0. The highest BCUT2D eigenvalue weighted by Crippen LogP contribution is 2.39. The Balaban J connectivity index is 1.21. The van der Waals surface area contributed by atoms with Crippen molar-refractivity contribution in [2.45, 2.75) is 0 Å². The summed E-state index contributed by atoms with van der Waals surface area (Å²) in [6.45, 7) is 0. The van der Waals surface area contributed by atoms with Gasteiger partial charge in [-0.25, -0.2) is 9.97 Å². The second-order valence-electron chi connectivity index (χ2n) is 13.6. The third kappa shape index (κ3) is 5.23. The lowest BCUT2D eigenvalue weighted by atomic mass is 10.1. The van der Waals surface area contributed by atoms with E-state index in [0.29, 0.717) is 35.2 Å². The average molecular weight is 719 g/mol. The van der Waals surface area contributed by atoms with E-state index in [1.807, 2.05) is 121 Å². The Kier molecular flexibility index (Phi) is 7.31. The summed E-state index contributed by atoms with van der Waals surface area (Å²) in [5.74, 6) is 3.52. The Morgan fingerprint density at radius 3 is 0.857 bits per heavy atom. The first-order chi connectivity index (χ1) is 27.8. The van der Waals surface area contributed by atoms with E-state index in [1.54, 1.807) is 0 Å². The van der Waals surface area contributed by atoms with Gasteiger partial charge in [0.15, 0.2) is 23.3 Å². The summed E-state index contributed by atoms with van der Waals surface area (Å²) in [5.41, 5.74) is 7.63. The van der Waals surface area contributed by atoms with Crippen molar-refractivity contribution in [1.29, 1.82) is 0 Å². The molecule has 0 aliphatic heterocycles. The Morgan fingerprint density at radius 2 is 0.536 bits per heavy atom. The molecule has 11 rings (SSSR count). The van der Waals surface area contributed by atoms with Crippen LogP contribution in [0.1, 0.15) is 0 Å². The zero-order valence-corrected chi connectivity index (χ0v) is 29.9. The molecule has 0 fully saturated rings. The minimum atomic E-state index is 0.546. The fourth-order valence-electron chi connectivity index (χ4n) is 7.66. The minimum Gasteiger partial charge on any atom is -0.278 e. The van der Waals surface area contributed by atoms with Gasteiger partial charge >= 0.3 is 0 Å². The van der Waals surface area contributed by atoms with Gasteiger partial charge in [0.25, 0.3) is 0 Å². The lowest BCUT2D eigenvalue weighted by Crippen LogP contribution is -2.07. The lowest BCUT2D eigenvalue weighted by Gasteiger charge is -2.11. The van der Waals surface area contributed by atoms with Crippen LogP contribution in [0.4, 0.5) is 0 Å². The number of rotatable bonds is 6. The Hall–Kier alpha value is -7.84. The Morgan fingerprint density at radius 1 is 0.250 bits per heavy atom. The molecule has 0 saturated heterocycles. The molecule has 0 unspecified atom stereocenters. The first-order valence-corrected chi connectivity index (χ1v) is 18.5. The van der Waals surface area contributed by atoms with Crippen LogP contribution in [0.15, 0.2) is 182 Å². The van der Waals surface area contributed by atoms with Gasteiger partial charge in [-0.2, -0.15) is 19.9 Å². The first kappa shape index (κ1) is 31.7. The fraction of sp³-hybridized carbons (Fsp3) is 0. The molecule has 0 aliphatic carbocycles. The van der Waals surface area contributed by atoms with Gasteiger partial charge in [-0.3, -0.25) is 9.13 Å². The number of hydrogen-bond donors (Lipinski definition) is 0. The highest BCUT2D eigenvalue weighted by molar-refractivity contribution is 6.18. The highest BCUT2D eigenvalue weighted by Gasteiger charge is 2.22. The second-order valence-corrected chi connectivity index (χ2v) is 13.6. The van der Waals surface area contributed by atoms with Gasteiger partial charge in [0, 0.05) is 43.8 Å². The maximum absolute atomic E-state index is 5.15. The van der Waals surface area contributed by atoms with Crippen molar-refractivity contribution in [3.63, 3.8) is 0 Å². The summed E-state index contributed by atoms with van der Waals surface area (Å²) < 4.78 is 4.33. The summed E-state index contributed by atoms with van der Waals surface area (Å²) in [6, 6.07) is 61.7. The molecule has 8 heteroatoms. The zero-order chi connectivity index (χ0) is 37.0. The van der Waals surface area contributed by atoms with Gasteiger partial charge in [-0.05, 0) is 24.3 Å². The summed E-state index contributed by atoms with van der Waals surface area (Å²) in [6.07, 6.45) is 0. The number of fused-ring (bicyclic) bond motifs is 6. The number of nitrogens with zero attached hydrogens (tertiary/aromatic N) is 8. The van der Waals surface area contributed by atoms with Crippen LogP contribution in [0.3, 0.4) is 0 Å². The molecule has 0 bridgehead atoms. The molecule has 262 valence electrons. The van der Waals surface area contributed by atoms with Crippen molar-refractivity contribution in [2.24, 2.45) is 0 Å². The normalized spacial score (nSPS) is 11.6. The van der Waals surface area contributed by atoms with E-state index in [4.69, 9.17) is 29.9 Å². The van der Waals surface area contributed by atoms with Gasteiger partial charge in [-0.1, -0.05) is 158 Å². The molecule has 4 aromatic heterocycles. The maximum Gasteiger partial charge on any atom is 0.238 e. The fourth-order valence-corrected chi connectivity index (χ4v) is 7.66. The molecule has 0 spiro atoms. The van der Waals surface area contributed by atoms with Gasteiger partial charge in [-0.15, -0.1) is 0 Å². The SMILES string of the molecule is c1ccc(-c2nc(-c3ccccc3)nc(-n3c4ccccc4c4cc5c(cc43)c3ccccc3n5-c3nc(-c4ccccc4)nc(-c4ccccc4)n3)n2)cc1. The Bertz CT molecular complexity index is 2890. The van der Waals surface area contributed by atoms with Crippen molar-refractivity contribution in [3.05, 3.63) is 182 Å². The summed E-state index contributed by atoms with van der Waals surface area (Å²) in [7, 11) is 0. The van der Waals surface area contributed by atoms with Crippen LogP contribution < -0.4 is 0 Å². The van der Waals surface area contributed by atoms with Crippen LogP contribution in [0.5, 0.6) is 0 Å². The molecule has 8 nitrogen and oxygen atoms in total. The van der Waals surface area contributed by atoms with Crippen molar-refractivity contribution >= 4 is 43.6 Å². The molecule has 7 aromatic carbocycles. The smallest absolute Gasteiger partial charge is 0.238 e. The van der Waals surface area contributed by atoms with Gasteiger partial charge in [0.2, 0.25) is 11.9 Å². The topological polar surface area (TPSA) is 87.2 Å². The maximum atomic E-state index is 5.15. The molecule has 56 heavy (non-hydrogen) atoms. The number of hydrogen-bond acceptors (Lipinski definition) is 6. The van der Waals surface area contributed by atoms with Crippen LogP contribution in [0, 0.1) is 0 Å². The average Bonchev–Trinajstić information content (AvgIpc) is 3.78. The van der Waals surface area contributed by atoms with E-state index in [-0.39, 0.29) is 0 Å². The predicted octanol–water partition coefficient (Wildman–Crippen LogP) is 10.9. The van der Waals surface area contributed by atoms with Crippen LogP contribution in [0.2, 0.25) is 0 Å². The molecule has 0 amide bonds. The second kappa shape index (κ2) is 12.9. The van der Waals surface area contributed by atoms with Gasteiger partial charge < -0.3 is 0 Å². The van der Waals surface area contributed by atoms with Gasteiger partial charge in [0.1, 0.15) is 0 Å². The highest BCUT2D eigenvalue weighted by atomic mass is 15.2. The van der Waals surface area contributed by atoms with Gasteiger partial charge in [0.05, 0.1) is 22.1 Å². The number of aromatic nitrogens is 8. The van der Waals surface area contributed by atoms with Crippen molar-refractivity contribution in [3.8, 4) is 57.4 Å². The van der Waals surface area contributed by atoms with E-state index in [1.165, 1.54) is 0 Å². The zero-order valence-electron chi connectivity index (χ0n) is 29.9. The molecule has 0 N–H and O–H groups in total. The van der Waals surface area contributed by atoms with E-state index in [2.05, 4.69) is 69.8 Å². The standard InChI is InChI=1S/C48H30N8/c1-5-17-31(18-6-1)43-49-44(32-19-7-2-8-20-32)52-47(51-43)55-39-27-15-13-25-35(39)37-30-42-38(29-41(37)55)36-26-14-16-28-40(36)56(42)48-53-45(33-21-9-3-10-22-33)50-46(54-48)34-23-11-4-12-24-34/h1-30H. The molecular weight excluding hydrogens is 689 g/mol. The lowest BCUT2D eigenvalue weighted by molar-refractivity contribution is 0.951. The Labute approximate surface area is 321 Å². The molecule has 11 aromatic rings. The molecule has 4 heterocycles. The van der Waals surface area contributed by atoms with E-state index in [9.17, 15) is 0 Å². The van der Waals surface area contributed by atoms with Crippen LogP contribution >= 0.6 is 0 Å². The largest absolute Gasteiger partial charge is 0.278 e. The van der Waals surface area contributed by atoms with E-state index in [0.717, 1.165) is 65.9 Å². The molecule has 0 atom stereocenters. The third-order valence-electron chi connectivity index (χ3n) is 10.2. The number of benzene rings is 7. The summed E-state index contributed by atoms with van der Waals surface area (Å²) in [5, 5.41) is 4.27. The van der Waals surface area contributed by atoms with Crippen molar-refractivity contribution < 1.29 is 0 Å². The number of para-hydroxylation sites is 2. The first-order valence-electron chi connectivity index (χ1n) is 18.5. The van der Waals surface area contributed by atoms with Crippen LogP contribution in [-0.4, -0.2) is 39.0 Å². The molecular formula is C48H30N8. The molecule has 0 saturated carbocycles. The molecule has 0 aliphatic rings. The summed E-state index contributed by atoms with van der Waals surface area (Å²) in [4.78, 5) is 30.6. The van der Waals surface area contributed by atoms with Crippen LogP contribution in [-0.2, 0) is 0 Å². The van der Waals surface area contributed by atoms with Crippen molar-refractivity contribution in [1.82, 2.24) is 39.0 Å². The van der Waals surface area contributed by atoms with E-state index < -0.39 is 0 Å². The third-order valence-corrected chi connectivity index (χ3v) is 10.2. The minimum absolute atomic E-state index is 0.546. The predicted molar refractivity (Wildman–Crippen MR) is 224 cm³/mol. The quantitative estimate of drug-likeness (QED) is 0.170.